The number of benzene rings is 1. The van der Waals surface area contributed by atoms with E-state index in [-0.39, 0.29) is 4.90 Å². The zero-order valence-electron chi connectivity index (χ0n) is 14.9. The summed E-state index contributed by atoms with van der Waals surface area (Å²) in [4.78, 5) is 22.1. The summed E-state index contributed by atoms with van der Waals surface area (Å²) in [5, 5.41) is 9.14. The van der Waals surface area contributed by atoms with E-state index in [4.69, 9.17) is 5.11 Å². The number of aryl methyl sites for hydroxylation is 1. The zero-order valence-corrected chi connectivity index (χ0v) is 15.7. The van der Waals surface area contributed by atoms with Crippen LogP contribution in [0.2, 0.25) is 0 Å². The molecule has 0 aromatic heterocycles. The van der Waals surface area contributed by atoms with Gasteiger partial charge in [0.25, 0.3) is 0 Å². The largest absolute Gasteiger partial charge is 0.480 e. The van der Waals surface area contributed by atoms with Gasteiger partial charge in [0.2, 0.25) is 16.4 Å². The van der Waals surface area contributed by atoms with Crippen LogP contribution in [0.4, 0.5) is 0 Å². The molecule has 0 heterocycles. The molecule has 0 fully saturated rings. The molecule has 0 aliphatic carbocycles. The summed E-state index contributed by atoms with van der Waals surface area (Å²) in [6.45, 7) is 6.86. The van der Waals surface area contributed by atoms with Gasteiger partial charge in [0.15, 0.2) is 0 Å². The third-order valence-corrected chi connectivity index (χ3v) is 4.37. The minimum atomic E-state index is -3.84. The third-order valence-electron chi connectivity index (χ3n) is 2.93. The van der Waals surface area contributed by atoms with Crippen LogP contribution in [0.25, 0.3) is 0 Å². The normalized spacial score (nSPS) is 12.6. The Hall–Kier alpha value is -1.93. The lowest BCUT2D eigenvalue weighted by Crippen LogP contribution is -2.48. The molecule has 1 rings (SSSR count). The fourth-order valence-corrected chi connectivity index (χ4v) is 2.93. The van der Waals surface area contributed by atoms with Crippen molar-refractivity contribution in [2.45, 2.75) is 38.6 Å². The average molecular weight is 358 g/mol. The predicted octanol–water partition coefficient (Wildman–Crippen LogP) is 1.48. The number of nitrogens with zero attached hydrogens (tertiary/aromatic N) is 1. The molecule has 1 amide bonds. The van der Waals surface area contributed by atoms with E-state index < -0.39 is 27.4 Å². The maximum atomic E-state index is 12.1. The van der Waals surface area contributed by atoms with Crippen LogP contribution < -0.4 is 4.72 Å². The van der Waals surface area contributed by atoms with Gasteiger partial charge in [-0.15, -0.1) is 0 Å². The molecule has 0 bridgehead atoms. The standard InChI is InChI=1S/C13H19NO4S.C3H7NO/c1-9-5-7-10(8-6-9)19(17,18)14-11(12(15)16)13(2,3)4;1-4(2)3-5/h5-8,11,14H,1-4H3,(H,15,16);3H,1-2H3/t11-;/m1./s1. The zero-order chi connectivity index (χ0) is 19.1. The Morgan fingerprint density at radius 1 is 1.21 bits per heavy atom. The van der Waals surface area contributed by atoms with Gasteiger partial charge in [0.05, 0.1) is 4.90 Å². The third kappa shape index (κ3) is 7.56. The molecule has 24 heavy (non-hydrogen) atoms. The highest BCUT2D eigenvalue weighted by molar-refractivity contribution is 7.89. The first kappa shape index (κ1) is 22.1. The number of hydrogen-bond acceptors (Lipinski definition) is 4. The molecule has 0 radical (unpaired) electrons. The number of carboxylic acid groups (broad SMARTS) is 1. The fraction of sp³-hybridized carbons (Fsp3) is 0.500. The summed E-state index contributed by atoms with van der Waals surface area (Å²) in [5.41, 5.74) is 0.216. The first-order chi connectivity index (χ1) is 10.8. The van der Waals surface area contributed by atoms with Crippen molar-refractivity contribution >= 4 is 22.4 Å². The molecule has 0 saturated heterocycles. The molecular weight excluding hydrogens is 332 g/mol. The number of carbonyl (C=O) groups is 2. The maximum absolute atomic E-state index is 12.1. The number of sulfonamides is 1. The highest BCUT2D eigenvalue weighted by atomic mass is 32.2. The van der Waals surface area contributed by atoms with Crippen LogP contribution in [0.5, 0.6) is 0 Å². The van der Waals surface area contributed by atoms with Gasteiger partial charge in [-0.25, -0.2) is 8.42 Å². The van der Waals surface area contributed by atoms with Gasteiger partial charge in [-0.1, -0.05) is 38.5 Å². The summed E-state index contributed by atoms with van der Waals surface area (Å²) in [6.07, 6.45) is 0.750. The number of carbonyl (C=O) groups excluding carboxylic acids is 1. The topological polar surface area (TPSA) is 104 Å². The number of nitrogens with one attached hydrogen (secondary N) is 1. The molecule has 2 N–H and O–H groups in total. The quantitative estimate of drug-likeness (QED) is 0.776. The molecule has 136 valence electrons. The number of rotatable bonds is 5. The molecule has 1 aromatic carbocycles. The number of carboxylic acids is 1. The lowest BCUT2D eigenvalue weighted by atomic mass is 9.88. The first-order valence-electron chi connectivity index (χ1n) is 7.25. The minimum absolute atomic E-state index is 0.0635. The molecule has 0 saturated carbocycles. The highest BCUT2D eigenvalue weighted by Gasteiger charge is 2.35. The average Bonchev–Trinajstić information content (AvgIpc) is 2.44. The molecule has 7 nitrogen and oxygen atoms in total. The van der Waals surface area contributed by atoms with Crippen molar-refractivity contribution in [3.63, 3.8) is 0 Å². The van der Waals surface area contributed by atoms with Crippen molar-refractivity contribution in [3.05, 3.63) is 29.8 Å². The predicted molar refractivity (Wildman–Crippen MR) is 92.1 cm³/mol. The Bertz CT molecular complexity index is 646. The Balaban J connectivity index is 0.000000922. The molecule has 0 aliphatic heterocycles. The van der Waals surface area contributed by atoms with E-state index in [0.29, 0.717) is 0 Å². The van der Waals surface area contributed by atoms with Crippen LogP contribution >= 0.6 is 0 Å². The summed E-state index contributed by atoms with van der Waals surface area (Å²) in [5.74, 6) is -1.19. The molecule has 0 aliphatic rings. The molecular formula is C16H26N2O5S. The van der Waals surface area contributed by atoms with Crippen molar-refractivity contribution in [3.8, 4) is 0 Å². The summed E-state index contributed by atoms with van der Waals surface area (Å²) >= 11 is 0. The Kier molecular flexibility index (Phi) is 8.08. The molecule has 1 atom stereocenters. The molecule has 0 spiro atoms. The second kappa shape index (κ2) is 8.79. The maximum Gasteiger partial charge on any atom is 0.322 e. The van der Waals surface area contributed by atoms with Crippen molar-refractivity contribution in [1.29, 1.82) is 0 Å². The van der Waals surface area contributed by atoms with Crippen LogP contribution in [0.15, 0.2) is 29.2 Å². The van der Waals surface area contributed by atoms with Crippen molar-refractivity contribution in [2.75, 3.05) is 14.1 Å². The van der Waals surface area contributed by atoms with Crippen LogP contribution in [-0.4, -0.2) is 50.9 Å². The Labute approximate surface area is 143 Å². The van der Waals surface area contributed by atoms with Gasteiger partial charge < -0.3 is 10.0 Å². The van der Waals surface area contributed by atoms with E-state index in [1.807, 2.05) is 6.92 Å². The van der Waals surface area contributed by atoms with Gasteiger partial charge >= 0.3 is 5.97 Å². The molecule has 8 heteroatoms. The lowest BCUT2D eigenvalue weighted by molar-refractivity contribution is -0.141. The summed E-state index contributed by atoms with van der Waals surface area (Å²) in [7, 11) is -0.460. The highest BCUT2D eigenvalue weighted by Crippen LogP contribution is 2.22. The van der Waals surface area contributed by atoms with Crippen LogP contribution in [0, 0.1) is 12.3 Å². The van der Waals surface area contributed by atoms with Crippen LogP contribution in [-0.2, 0) is 19.6 Å². The second-order valence-electron chi connectivity index (χ2n) is 6.64. The van der Waals surface area contributed by atoms with E-state index in [0.717, 1.165) is 12.0 Å². The number of aliphatic carboxylic acids is 1. The van der Waals surface area contributed by atoms with E-state index in [2.05, 4.69) is 4.72 Å². The lowest BCUT2D eigenvalue weighted by Gasteiger charge is -2.27. The molecule has 1 aromatic rings. The van der Waals surface area contributed by atoms with Gasteiger partial charge in [-0.05, 0) is 24.5 Å². The smallest absolute Gasteiger partial charge is 0.322 e. The Morgan fingerprint density at radius 3 is 1.92 bits per heavy atom. The monoisotopic (exact) mass is 358 g/mol. The minimum Gasteiger partial charge on any atom is -0.480 e. The Morgan fingerprint density at radius 2 is 1.62 bits per heavy atom. The van der Waals surface area contributed by atoms with Crippen molar-refractivity contribution < 1.29 is 23.1 Å². The molecule has 0 unspecified atom stereocenters. The second-order valence-corrected chi connectivity index (χ2v) is 8.35. The summed E-state index contributed by atoms with van der Waals surface area (Å²) < 4.78 is 26.5. The van der Waals surface area contributed by atoms with Gasteiger partial charge in [-0.3, -0.25) is 9.59 Å². The summed E-state index contributed by atoms with van der Waals surface area (Å²) in [6, 6.07) is 5.07. The van der Waals surface area contributed by atoms with E-state index in [1.165, 1.54) is 17.0 Å². The SMILES string of the molecule is CN(C)C=O.Cc1ccc(S(=O)(=O)N[C@H](C(=O)O)C(C)(C)C)cc1. The van der Waals surface area contributed by atoms with Gasteiger partial charge in [0.1, 0.15) is 6.04 Å². The fourth-order valence-electron chi connectivity index (χ4n) is 1.54. The van der Waals surface area contributed by atoms with E-state index in [9.17, 15) is 18.0 Å². The van der Waals surface area contributed by atoms with Crippen LogP contribution in [0.1, 0.15) is 26.3 Å². The van der Waals surface area contributed by atoms with Gasteiger partial charge in [0, 0.05) is 14.1 Å². The van der Waals surface area contributed by atoms with Crippen molar-refractivity contribution in [2.24, 2.45) is 5.41 Å². The number of hydrogen-bond donors (Lipinski definition) is 2. The van der Waals surface area contributed by atoms with E-state index >= 15 is 0 Å². The van der Waals surface area contributed by atoms with Gasteiger partial charge in [-0.2, -0.15) is 4.72 Å². The van der Waals surface area contributed by atoms with Crippen LogP contribution in [0.3, 0.4) is 0 Å². The number of amides is 1. The first-order valence-corrected chi connectivity index (χ1v) is 8.73. The van der Waals surface area contributed by atoms with Crippen molar-refractivity contribution in [1.82, 2.24) is 9.62 Å². The van der Waals surface area contributed by atoms with E-state index in [1.54, 1.807) is 47.0 Å².